The second-order valence-corrected chi connectivity index (χ2v) is 2.19. The molecule has 0 fully saturated rings. The number of aromatic hydroxyl groups is 2. The van der Waals surface area contributed by atoms with Gasteiger partial charge in [-0.2, -0.15) is 0 Å². The van der Waals surface area contributed by atoms with Crippen molar-refractivity contribution < 1.29 is 15.7 Å². The molecule has 0 unspecified atom stereocenters. The Morgan fingerprint density at radius 3 is 2.55 bits per heavy atom. The summed E-state index contributed by atoms with van der Waals surface area (Å²) in [4.78, 5) is 0. The average molecular weight is 155 g/mol. The monoisotopic (exact) mass is 155 g/mol. The van der Waals surface area contributed by atoms with Crippen LogP contribution in [0, 0.1) is 5.21 Å². The molecule has 0 spiro atoms. The molecule has 0 saturated heterocycles. The third-order valence-electron chi connectivity index (χ3n) is 1.36. The van der Waals surface area contributed by atoms with E-state index in [0.717, 1.165) is 5.48 Å². The Kier molecular flexibility index (Phi) is 2.30. The number of phenols is 2. The Morgan fingerprint density at radius 2 is 2.00 bits per heavy atom. The largest absolute Gasteiger partial charge is 0.636 e. The highest BCUT2D eigenvalue weighted by Crippen LogP contribution is 2.24. The maximum absolute atomic E-state index is 10.0. The standard InChI is InChI=1S/C7H9NO3/c9-6-2-1-5(4-8-11)3-7(6)10/h1-3,9-10H,4,8H2. The predicted molar refractivity (Wildman–Crippen MR) is 38.8 cm³/mol. The van der Waals surface area contributed by atoms with Gasteiger partial charge in [-0.1, -0.05) is 0 Å². The van der Waals surface area contributed by atoms with E-state index in [9.17, 15) is 5.21 Å². The molecule has 0 amide bonds. The van der Waals surface area contributed by atoms with Gasteiger partial charge in [0.05, 0.1) is 0 Å². The number of phenolic OH excluding ortho intramolecular Hbond substituents is 2. The van der Waals surface area contributed by atoms with Gasteiger partial charge in [-0.05, 0) is 18.2 Å². The molecule has 0 radical (unpaired) electrons. The first kappa shape index (κ1) is 7.84. The normalized spacial score (nSPS) is 9.91. The highest BCUT2D eigenvalue weighted by molar-refractivity contribution is 5.40. The van der Waals surface area contributed by atoms with E-state index in [1.54, 1.807) is 6.07 Å². The second kappa shape index (κ2) is 3.23. The lowest BCUT2D eigenvalue weighted by Gasteiger charge is -2.03. The summed E-state index contributed by atoms with van der Waals surface area (Å²) in [6.07, 6.45) is 0. The lowest BCUT2D eigenvalue weighted by molar-refractivity contribution is -0.605. The van der Waals surface area contributed by atoms with Gasteiger partial charge < -0.3 is 20.9 Å². The van der Waals surface area contributed by atoms with Crippen molar-refractivity contribution >= 4 is 0 Å². The van der Waals surface area contributed by atoms with Crippen LogP contribution >= 0.6 is 0 Å². The maximum Gasteiger partial charge on any atom is 0.157 e. The molecule has 0 aliphatic carbocycles. The number of nitrogens with two attached hydrogens (primary N) is 1. The molecule has 0 aliphatic rings. The van der Waals surface area contributed by atoms with Crippen molar-refractivity contribution in [1.82, 2.24) is 0 Å². The van der Waals surface area contributed by atoms with Crippen LogP contribution in [-0.2, 0) is 6.54 Å². The van der Waals surface area contributed by atoms with Crippen molar-refractivity contribution in [2.24, 2.45) is 0 Å². The Labute approximate surface area is 63.7 Å². The minimum Gasteiger partial charge on any atom is -0.636 e. The summed E-state index contributed by atoms with van der Waals surface area (Å²) in [5.74, 6) is -0.357. The van der Waals surface area contributed by atoms with Crippen LogP contribution < -0.4 is 5.48 Å². The molecule has 1 rings (SSSR count). The third kappa shape index (κ3) is 1.83. The molecule has 0 aromatic heterocycles. The van der Waals surface area contributed by atoms with Gasteiger partial charge in [-0.15, -0.1) is 0 Å². The molecular weight excluding hydrogens is 146 g/mol. The molecule has 0 saturated carbocycles. The quantitative estimate of drug-likeness (QED) is 0.403. The zero-order valence-electron chi connectivity index (χ0n) is 5.82. The van der Waals surface area contributed by atoms with Gasteiger partial charge >= 0.3 is 0 Å². The summed E-state index contributed by atoms with van der Waals surface area (Å²) in [5, 5.41) is 27.9. The highest BCUT2D eigenvalue weighted by atomic mass is 16.5. The van der Waals surface area contributed by atoms with E-state index in [1.165, 1.54) is 12.1 Å². The number of quaternary nitrogens is 1. The van der Waals surface area contributed by atoms with E-state index in [4.69, 9.17) is 10.2 Å². The zero-order valence-corrected chi connectivity index (χ0v) is 5.82. The fourth-order valence-electron chi connectivity index (χ4n) is 0.792. The van der Waals surface area contributed by atoms with Gasteiger partial charge in [0.1, 0.15) is 6.54 Å². The van der Waals surface area contributed by atoms with Crippen molar-refractivity contribution in [3.05, 3.63) is 29.0 Å². The van der Waals surface area contributed by atoms with Crippen LogP contribution in [0.15, 0.2) is 18.2 Å². The number of rotatable bonds is 2. The van der Waals surface area contributed by atoms with Crippen molar-refractivity contribution in [1.29, 1.82) is 0 Å². The zero-order chi connectivity index (χ0) is 8.27. The second-order valence-electron chi connectivity index (χ2n) is 2.19. The number of hydrogen-bond donors (Lipinski definition) is 3. The van der Waals surface area contributed by atoms with Crippen molar-refractivity contribution in [2.75, 3.05) is 0 Å². The minimum atomic E-state index is -0.190. The molecule has 1 aromatic rings. The van der Waals surface area contributed by atoms with E-state index < -0.39 is 0 Å². The molecule has 0 heterocycles. The van der Waals surface area contributed by atoms with Gasteiger partial charge in [0.15, 0.2) is 11.5 Å². The van der Waals surface area contributed by atoms with E-state index in [2.05, 4.69) is 0 Å². The van der Waals surface area contributed by atoms with Crippen LogP contribution in [0.25, 0.3) is 0 Å². The molecule has 11 heavy (non-hydrogen) atoms. The average Bonchev–Trinajstić information content (AvgIpc) is 1.98. The van der Waals surface area contributed by atoms with Gasteiger partial charge in [-0.25, -0.2) is 0 Å². The third-order valence-corrected chi connectivity index (χ3v) is 1.36. The summed E-state index contributed by atoms with van der Waals surface area (Å²) in [7, 11) is 0. The summed E-state index contributed by atoms with van der Waals surface area (Å²) in [6.45, 7) is 0.258. The van der Waals surface area contributed by atoms with Crippen LogP contribution in [0.1, 0.15) is 5.56 Å². The molecule has 4 N–H and O–H groups in total. The van der Waals surface area contributed by atoms with Crippen LogP contribution in [0.4, 0.5) is 0 Å². The van der Waals surface area contributed by atoms with Gasteiger partial charge in [-0.3, -0.25) is 0 Å². The SMILES string of the molecule is [O-][NH2+]Cc1ccc(O)c(O)c1. The molecule has 4 nitrogen and oxygen atoms in total. The van der Waals surface area contributed by atoms with Crippen molar-refractivity contribution in [2.45, 2.75) is 6.54 Å². The first-order valence-corrected chi connectivity index (χ1v) is 3.18. The molecule has 0 bridgehead atoms. The Bertz CT molecular complexity index is 249. The lowest BCUT2D eigenvalue weighted by atomic mass is 10.2. The Hall–Kier alpha value is -1.26. The maximum atomic E-state index is 10.0. The number of hydroxylamine groups is 1. The summed E-state index contributed by atoms with van der Waals surface area (Å²) in [5.41, 5.74) is 1.43. The van der Waals surface area contributed by atoms with Gasteiger partial charge in [0.25, 0.3) is 0 Å². The van der Waals surface area contributed by atoms with Gasteiger partial charge in [0.2, 0.25) is 0 Å². The molecule has 4 heteroatoms. The molecule has 60 valence electrons. The molecular formula is C7H9NO3. The van der Waals surface area contributed by atoms with Crippen LogP contribution in [0.2, 0.25) is 0 Å². The summed E-state index contributed by atoms with van der Waals surface area (Å²) in [6, 6.07) is 4.31. The predicted octanol–water partition coefficient (Wildman–Crippen LogP) is -0.341. The van der Waals surface area contributed by atoms with Crippen molar-refractivity contribution in [3.8, 4) is 11.5 Å². The van der Waals surface area contributed by atoms with Crippen LogP contribution in [-0.4, -0.2) is 10.2 Å². The van der Waals surface area contributed by atoms with Gasteiger partial charge in [0, 0.05) is 5.56 Å². The number of hydrogen-bond acceptors (Lipinski definition) is 3. The van der Waals surface area contributed by atoms with Crippen LogP contribution in [0.5, 0.6) is 11.5 Å². The van der Waals surface area contributed by atoms with Crippen LogP contribution in [0.3, 0.4) is 0 Å². The van der Waals surface area contributed by atoms with E-state index in [0.29, 0.717) is 5.56 Å². The fourth-order valence-corrected chi connectivity index (χ4v) is 0.792. The Balaban J connectivity index is 2.86. The van der Waals surface area contributed by atoms with E-state index in [1.807, 2.05) is 0 Å². The fraction of sp³-hybridized carbons (Fsp3) is 0.143. The lowest BCUT2D eigenvalue weighted by Crippen LogP contribution is -2.75. The van der Waals surface area contributed by atoms with E-state index in [-0.39, 0.29) is 18.0 Å². The smallest absolute Gasteiger partial charge is 0.157 e. The minimum absolute atomic E-state index is 0.167. The summed E-state index contributed by atoms with van der Waals surface area (Å²) < 4.78 is 0. The topological polar surface area (TPSA) is 80.1 Å². The molecule has 0 aliphatic heterocycles. The number of benzene rings is 1. The van der Waals surface area contributed by atoms with E-state index >= 15 is 0 Å². The molecule has 1 aromatic carbocycles. The first-order chi connectivity index (χ1) is 5.24. The van der Waals surface area contributed by atoms with Crippen molar-refractivity contribution in [3.63, 3.8) is 0 Å². The summed E-state index contributed by atoms with van der Waals surface area (Å²) >= 11 is 0. The molecule has 0 atom stereocenters. The highest BCUT2D eigenvalue weighted by Gasteiger charge is 1.99. The Morgan fingerprint density at radius 1 is 1.27 bits per heavy atom. The first-order valence-electron chi connectivity index (χ1n) is 3.18.